The second kappa shape index (κ2) is 8.34. The number of carbonyl (C=O) groups excluding carboxylic acids is 1. The fourth-order valence-corrected chi connectivity index (χ4v) is 3.53. The van der Waals surface area contributed by atoms with Gasteiger partial charge in [-0.3, -0.25) is 4.99 Å². The lowest BCUT2D eigenvalue weighted by atomic mass is 10.1. The van der Waals surface area contributed by atoms with Crippen LogP contribution >= 0.6 is 0 Å². The Bertz CT molecular complexity index is 1190. The predicted molar refractivity (Wildman–Crippen MR) is 128 cm³/mol. The minimum atomic E-state index is -0.634. The highest BCUT2D eigenvalue weighted by Gasteiger charge is 2.29. The van der Waals surface area contributed by atoms with Crippen LogP contribution in [-0.4, -0.2) is 33.9 Å². The van der Waals surface area contributed by atoms with Crippen molar-refractivity contribution in [3.8, 4) is 5.69 Å². The van der Waals surface area contributed by atoms with Gasteiger partial charge in [0.25, 0.3) is 0 Å². The van der Waals surface area contributed by atoms with E-state index < -0.39 is 11.7 Å². The average Bonchev–Trinajstić information content (AvgIpc) is 3.41. The molecule has 0 saturated heterocycles. The largest absolute Gasteiger partial charge is 0.443 e. The number of ether oxygens (including phenoxy) is 1. The molecular formula is C25H27N5O2. The first-order valence-corrected chi connectivity index (χ1v) is 10.5. The highest BCUT2D eigenvalue weighted by molar-refractivity contribution is 6.23. The fourth-order valence-electron chi connectivity index (χ4n) is 3.53. The Hall–Kier alpha value is -3.87. The zero-order valence-electron chi connectivity index (χ0n) is 18.7. The van der Waals surface area contributed by atoms with Gasteiger partial charge in [0.2, 0.25) is 0 Å². The molecule has 0 radical (unpaired) electrons. The summed E-state index contributed by atoms with van der Waals surface area (Å²) in [7, 11) is 0. The van der Waals surface area contributed by atoms with E-state index in [1.165, 1.54) is 4.90 Å². The van der Waals surface area contributed by atoms with Gasteiger partial charge in [0, 0.05) is 18.1 Å². The van der Waals surface area contributed by atoms with E-state index in [2.05, 4.69) is 10.1 Å². The van der Waals surface area contributed by atoms with E-state index in [9.17, 15) is 4.79 Å². The Kier molecular flexibility index (Phi) is 5.57. The van der Waals surface area contributed by atoms with Crippen molar-refractivity contribution in [2.75, 3.05) is 17.2 Å². The number of anilines is 2. The molecule has 7 heteroatoms. The van der Waals surface area contributed by atoms with Gasteiger partial charge in [-0.1, -0.05) is 12.1 Å². The van der Waals surface area contributed by atoms with Crippen molar-refractivity contribution < 1.29 is 9.53 Å². The number of amides is 1. The molecule has 164 valence electrons. The summed E-state index contributed by atoms with van der Waals surface area (Å²) in [5.74, 6) is 0.540. The maximum Gasteiger partial charge on any atom is 0.420 e. The van der Waals surface area contributed by atoms with Crippen molar-refractivity contribution >= 4 is 28.9 Å². The van der Waals surface area contributed by atoms with Crippen LogP contribution in [0.4, 0.5) is 16.2 Å². The van der Waals surface area contributed by atoms with Gasteiger partial charge in [-0.15, -0.1) is 0 Å². The van der Waals surface area contributed by atoms with E-state index in [0.29, 0.717) is 23.8 Å². The Morgan fingerprint density at radius 1 is 1.16 bits per heavy atom. The topological polar surface area (TPSA) is 85.7 Å². The molecular weight excluding hydrogens is 402 g/mol. The molecule has 0 spiro atoms. The van der Waals surface area contributed by atoms with Gasteiger partial charge in [0.15, 0.2) is 0 Å². The molecule has 1 aliphatic heterocycles. The lowest BCUT2D eigenvalue weighted by molar-refractivity contribution is 0.0604. The van der Waals surface area contributed by atoms with Gasteiger partial charge in [0.05, 0.1) is 17.9 Å². The number of nitrogen functional groups attached to an aromatic ring is 1. The minimum Gasteiger partial charge on any atom is -0.443 e. The van der Waals surface area contributed by atoms with Gasteiger partial charge >= 0.3 is 6.09 Å². The van der Waals surface area contributed by atoms with E-state index in [0.717, 1.165) is 22.4 Å². The molecule has 2 aromatic carbocycles. The molecule has 1 aliphatic rings. The third-order valence-corrected chi connectivity index (χ3v) is 4.99. The van der Waals surface area contributed by atoms with E-state index in [1.54, 1.807) is 12.3 Å². The summed E-state index contributed by atoms with van der Waals surface area (Å²) in [5, 5.41) is 4.26. The van der Waals surface area contributed by atoms with E-state index in [-0.39, 0.29) is 0 Å². The van der Waals surface area contributed by atoms with Crippen LogP contribution in [0.2, 0.25) is 0 Å². The van der Waals surface area contributed by atoms with Crippen LogP contribution in [-0.2, 0) is 4.74 Å². The van der Waals surface area contributed by atoms with Crippen molar-refractivity contribution in [1.82, 2.24) is 9.78 Å². The Balaban J connectivity index is 1.65. The number of benzene rings is 2. The Morgan fingerprint density at radius 3 is 2.53 bits per heavy atom. The van der Waals surface area contributed by atoms with E-state index >= 15 is 0 Å². The summed E-state index contributed by atoms with van der Waals surface area (Å²) in [5.41, 5.74) is 10.5. The van der Waals surface area contributed by atoms with Crippen LogP contribution in [0.3, 0.4) is 0 Å². The summed E-state index contributed by atoms with van der Waals surface area (Å²) in [6.07, 6.45) is 5.11. The summed E-state index contributed by atoms with van der Waals surface area (Å²) in [6.45, 7) is 7.92. The van der Waals surface area contributed by atoms with Crippen LogP contribution in [0.15, 0.2) is 72.0 Å². The van der Waals surface area contributed by atoms with Gasteiger partial charge < -0.3 is 10.5 Å². The van der Waals surface area contributed by atoms with E-state index in [4.69, 9.17) is 10.5 Å². The van der Waals surface area contributed by atoms with Crippen LogP contribution in [0.5, 0.6) is 0 Å². The number of aliphatic imine (C=N–C) groups is 1. The van der Waals surface area contributed by atoms with Gasteiger partial charge in [-0.25, -0.2) is 14.4 Å². The molecule has 1 aromatic heterocycles. The molecule has 2 N–H and O–H groups in total. The quantitative estimate of drug-likeness (QED) is 0.594. The van der Waals surface area contributed by atoms with Crippen molar-refractivity contribution in [3.05, 3.63) is 78.1 Å². The maximum atomic E-state index is 13.2. The number of hydrogen-bond donors (Lipinski definition) is 1. The molecule has 4 rings (SSSR count). The standard InChI is InChI=1S/C25H27N5O2/c1-17-14-20(26)8-11-22(17)30(24(31)32-25(2,3)4)23-15-19(16-27-23)18-6-9-21(10-7-18)29-13-5-12-28-29/h5-15H,16,26H2,1-4H3. The second-order valence-corrected chi connectivity index (χ2v) is 8.70. The number of amidine groups is 1. The molecule has 1 amide bonds. The Labute approximate surface area is 187 Å². The highest BCUT2D eigenvalue weighted by Crippen LogP contribution is 2.29. The number of nitrogens with zero attached hydrogens (tertiary/aromatic N) is 4. The average molecular weight is 430 g/mol. The molecule has 0 aliphatic carbocycles. The molecule has 2 heterocycles. The zero-order valence-corrected chi connectivity index (χ0v) is 18.7. The molecule has 0 bridgehead atoms. The van der Waals surface area contributed by atoms with E-state index in [1.807, 2.05) is 87.1 Å². The molecule has 0 unspecified atom stereocenters. The lowest BCUT2D eigenvalue weighted by Crippen LogP contribution is -2.40. The van der Waals surface area contributed by atoms with Gasteiger partial charge in [-0.05, 0) is 86.9 Å². The number of aromatic nitrogens is 2. The fraction of sp³-hybridized carbons (Fsp3) is 0.240. The van der Waals surface area contributed by atoms with Gasteiger partial charge in [0.1, 0.15) is 11.4 Å². The normalized spacial score (nSPS) is 13.5. The summed E-state index contributed by atoms with van der Waals surface area (Å²) < 4.78 is 7.49. The Morgan fingerprint density at radius 2 is 1.91 bits per heavy atom. The molecule has 32 heavy (non-hydrogen) atoms. The van der Waals surface area contributed by atoms with Crippen molar-refractivity contribution in [2.24, 2.45) is 4.99 Å². The van der Waals surface area contributed by atoms with Gasteiger partial charge in [-0.2, -0.15) is 5.10 Å². The monoisotopic (exact) mass is 429 g/mol. The minimum absolute atomic E-state index is 0.476. The SMILES string of the molecule is Cc1cc(N)ccc1N(C(=O)OC(C)(C)C)C1=NCC(c2ccc(-n3cccn3)cc2)=C1. The van der Waals surface area contributed by atoms with Crippen molar-refractivity contribution in [1.29, 1.82) is 0 Å². The first-order valence-electron chi connectivity index (χ1n) is 10.5. The number of carbonyl (C=O) groups is 1. The molecule has 0 saturated carbocycles. The molecule has 0 atom stereocenters. The number of aryl methyl sites for hydroxylation is 1. The summed E-state index contributed by atoms with van der Waals surface area (Å²) in [6, 6.07) is 15.4. The molecule has 7 nitrogen and oxygen atoms in total. The first-order chi connectivity index (χ1) is 15.2. The van der Waals surface area contributed by atoms with Crippen molar-refractivity contribution in [3.63, 3.8) is 0 Å². The summed E-state index contributed by atoms with van der Waals surface area (Å²) in [4.78, 5) is 19.3. The predicted octanol–water partition coefficient (Wildman–Crippen LogP) is 5.00. The number of nitrogens with two attached hydrogens (primary N) is 1. The van der Waals surface area contributed by atoms with Crippen LogP contribution in [0, 0.1) is 6.92 Å². The van der Waals surface area contributed by atoms with Crippen LogP contribution < -0.4 is 10.6 Å². The smallest absolute Gasteiger partial charge is 0.420 e. The maximum absolute atomic E-state index is 13.2. The third-order valence-electron chi connectivity index (χ3n) is 4.99. The van der Waals surface area contributed by atoms with Crippen LogP contribution in [0.1, 0.15) is 31.9 Å². The molecule has 0 fully saturated rings. The second-order valence-electron chi connectivity index (χ2n) is 8.70. The van der Waals surface area contributed by atoms with Crippen molar-refractivity contribution in [2.45, 2.75) is 33.3 Å². The first kappa shape index (κ1) is 21.4. The molecule has 3 aromatic rings. The zero-order chi connectivity index (χ0) is 22.9. The lowest BCUT2D eigenvalue weighted by Gasteiger charge is -2.28. The number of rotatable bonds is 3. The summed E-state index contributed by atoms with van der Waals surface area (Å²) >= 11 is 0. The van der Waals surface area contributed by atoms with Crippen LogP contribution in [0.25, 0.3) is 11.3 Å². The number of hydrogen-bond acceptors (Lipinski definition) is 5. The third kappa shape index (κ3) is 4.56. The highest BCUT2D eigenvalue weighted by atomic mass is 16.6.